The zero-order valence-corrected chi connectivity index (χ0v) is 9.43. The summed E-state index contributed by atoms with van der Waals surface area (Å²) in [5, 5.41) is 14.7. The first-order valence-electron chi connectivity index (χ1n) is 4.85. The molecule has 0 aliphatic rings. The topological polar surface area (TPSA) is 59.2 Å². The summed E-state index contributed by atoms with van der Waals surface area (Å²) in [6, 6.07) is 3.19. The lowest BCUT2D eigenvalue weighted by atomic mass is 10.4. The number of alkyl halides is 3. The predicted molar refractivity (Wildman–Crippen MR) is 57.5 cm³/mol. The molecule has 2 rings (SSSR count). The second kappa shape index (κ2) is 5.17. The van der Waals surface area contributed by atoms with Gasteiger partial charge in [0.2, 0.25) is 0 Å². The predicted octanol–water partition coefficient (Wildman–Crippen LogP) is 0.830. The van der Waals surface area contributed by atoms with Gasteiger partial charge in [-0.25, -0.2) is 8.78 Å². The Kier molecular flexibility index (Phi) is 3.62. The van der Waals surface area contributed by atoms with E-state index in [1.54, 1.807) is 12.1 Å². The highest BCUT2D eigenvalue weighted by Gasteiger charge is 2.14. The Labute approximate surface area is 100 Å². The third-order valence-electron chi connectivity index (χ3n) is 2.09. The molecule has 0 atom stereocenters. The van der Waals surface area contributed by atoms with Gasteiger partial charge >= 0.3 is 0 Å². The van der Waals surface area contributed by atoms with Gasteiger partial charge in [0.05, 0.1) is 6.54 Å². The summed E-state index contributed by atoms with van der Waals surface area (Å²) in [6.45, 7) is -0.139. The molecule has 0 amide bonds. The summed E-state index contributed by atoms with van der Waals surface area (Å²) in [4.78, 5) is 1.39. The van der Waals surface area contributed by atoms with Crippen LogP contribution in [-0.4, -0.2) is 50.6 Å². The second-order valence-corrected chi connectivity index (χ2v) is 3.62. The minimum atomic E-state index is -2.45. The van der Waals surface area contributed by atoms with Crippen molar-refractivity contribution < 1.29 is 8.78 Å². The SMILES string of the molecule is FC(F)CN(CCCl)c1ccc2nnnn2n1. The van der Waals surface area contributed by atoms with E-state index in [1.165, 1.54) is 9.53 Å². The van der Waals surface area contributed by atoms with Crippen LogP contribution in [0.1, 0.15) is 0 Å². The molecule has 17 heavy (non-hydrogen) atoms. The second-order valence-electron chi connectivity index (χ2n) is 3.24. The average Bonchev–Trinajstić information content (AvgIpc) is 2.74. The smallest absolute Gasteiger partial charge is 0.255 e. The molecule has 0 aliphatic carbocycles. The fraction of sp³-hybridized carbons (Fsp3) is 0.500. The summed E-state index contributed by atoms with van der Waals surface area (Å²) >= 11 is 5.57. The largest absolute Gasteiger partial charge is 0.348 e. The molecular weight excluding hydrogens is 254 g/mol. The van der Waals surface area contributed by atoms with Gasteiger partial charge in [-0.05, 0) is 22.6 Å². The Morgan fingerprint density at radius 1 is 1.41 bits per heavy atom. The molecule has 0 fully saturated rings. The Bertz CT molecular complexity index is 490. The van der Waals surface area contributed by atoms with Crippen LogP contribution in [0.15, 0.2) is 12.1 Å². The Balaban J connectivity index is 2.26. The van der Waals surface area contributed by atoms with Gasteiger partial charge in [-0.3, -0.25) is 0 Å². The van der Waals surface area contributed by atoms with E-state index in [4.69, 9.17) is 11.6 Å². The lowest BCUT2D eigenvalue weighted by molar-refractivity contribution is 0.155. The molecule has 0 saturated heterocycles. The van der Waals surface area contributed by atoms with Gasteiger partial charge in [-0.15, -0.1) is 26.4 Å². The molecule has 92 valence electrons. The van der Waals surface area contributed by atoms with Crippen molar-refractivity contribution >= 4 is 23.1 Å². The van der Waals surface area contributed by atoms with Crippen LogP contribution < -0.4 is 4.90 Å². The maximum absolute atomic E-state index is 12.4. The van der Waals surface area contributed by atoms with E-state index in [1.807, 2.05) is 0 Å². The van der Waals surface area contributed by atoms with Crippen molar-refractivity contribution in [3.05, 3.63) is 12.1 Å². The summed E-state index contributed by atoms with van der Waals surface area (Å²) < 4.78 is 26.0. The van der Waals surface area contributed by atoms with Gasteiger partial charge in [0.25, 0.3) is 6.43 Å². The van der Waals surface area contributed by atoms with E-state index < -0.39 is 13.0 Å². The molecule has 0 spiro atoms. The van der Waals surface area contributed by atoms with Crippen LogP contribution >= 0.6 is 11.6 Å². The van der Waals surface area contributed by atoms with Crippen LogP contribution in [-0.2, 0) is 0 Å². The summed E-state index contributed by atoms with van der Waals surface area (Å²) in [6.07, 6.45) is -2.45. The number of fused-ring (bicyclic) bond motifs is 1. The number of tetrazole rings is 1. The molecule has 2 heterocycles. The molecular formula is C8H9ClF2N6. The zero-order valence-electron chi connectivity index (χ0n) is 8.67. The molecule has 0 aromatic carbocycles. The highest BCUT2D eigenvalue weighted by molar-refractivity contribution is 6.18. The molecule has 0 saturated carbocycles. The fourth-order valence-corrected chi connectivity index (χ4v) is 1.58. The molecule has 0 radical (unpaired) electrons. The van der Waals surface area contributed by atoms with Crippen LogP contribution in [0.5, 0.6) is 0 Å². The minimum Gasteiger partial charge on any atom is -0.348 e. The fourth-order valence-electron chi connectivity index (χ4n) is 1.38. The van der Waals surface area contributed by atoms with Crippen molar-refractivity contribution in [1.29, 1.82) is 0 Å². The number of rotatable bonds is 5. The maximum Gasteiger partial charge on any atom is 0.255 e. The van der Waals surface area contributed by atoms with Crippen molar-refractivity contribution in [3.63, 3.8) is 0 Å². The monoisotopic (exact) mass is 262 g/mol. The van der Waals surface area contributed by atoms with Gasteiger partial charge in [0.1, 0.15) is 0 Å². The maximum atomic E-state index is 12.4. The van der Waals surface area contributed by atoms with Crippen molar-refractivity contribution in [3.8, 4) is 0 Å². The minimum absolute atomic E-state index is 0.238. The van der Waals surface area contributed by atoms with Crippen molar-refractivity contribution in [1.82, 2.24) is 25.3 Å². The third kappa shape index (κ3) is 2.76. The van der Waals surface area contributed by atoms with E-state index in [2.05, 4.69) is 20.6 Å². The normalized spacial score (nSPS) is 11.3. The van der Waals surface area contributed by atoms with E-state index in [0.717, 1.165) is 0 Å². The summed E-state index contributed by atoms with van der Waals surface area (Å²) in [5.74, 6) is 0.605. The van der Waals surface area contributed by atoms with Gasteiger partial charge < -0.3 is 4.90 Å². The van der Waals surface area contributed by atoms with E-state index in [-0.39, 0.29) is 12.4 Å². The highest BCUT2D eigenvalue weighted by Crippen LogP contribution is 2.12. The molecule has 0 bridgehead atoms. The molecule has 0 N–H and O–H groups in total. The number of nitrogens with zero attached hydrogens (tertiary/aromatic N) is 6. The van der Waals surface area contributed by atoms with Gasteiger partial charge in [0.15, 0.2) is 11.5 Å². The number of hydrogen-bond donors (Lipinski definition) is 0. The summed E-state index contributed by atoms with van der Waals surface area (Å²) in [5.41, 5.74) is 0.455. The first-order valence-corrected chi connectivity index (χ1v) is 5.38. The quantitative estimate of drug-likeness (QED) is 0.747. The molecule has 0 aliphatic heterocycles. The Morgan fingerprint density at radius 3 is 2.94 bits per heavy atom. The van der Waals surface area contributed by atoms with Gasteiger partial charge in [0, 0.05) is 12.4 Å². The molecule has 2 aromatic heterocycles. The summed E-state index contributed by atoms with van der Waals surface area (Å²) in [7, 11) is 0. The van der Waals surface area contributed by atoms with Crippen LogP contribution in [0.4, 0.5) is 14.6 Å². The van der Waals surface area contributed by atoms with Crippen LogP contribution in [0.3, 0.4) is 0 Å². The lowest BCUT2D eigenvalue weighted by Crippen LogP contribution is -2.31. The number of aromatic nitrogens is 5. The average molecular weight is 263 g/mol. The van der Waals surface area contributed by atoms with Gasteiger partial charge in [-0.1, -0.05) is 0 Å². The van der Waals surface area contributed by atoms with Crippen LogP contribution in [0.25, 0.3) is 5.65 Å². The standard InChI is InChI=1S/C8H9ClF2N6/c9-3-4-16(5-6(10)11)8-2-1-7-12-14-15-17(7)13-8/h1-2,6H,3-5H2. The van der Waals surface area contributed by atoms with Crippen LogP contribution in [0, 0.1) is 0 Å². The number of hydrogen-bond acceptors (Lipinski definition) is 5. The van der Waals surface area contributed by atoms with Crippen molar-refractivity contribution in [2.45, 2.75) is 6.43 Å². The zero-order chi connectivity index (χ0) is 12.3. The lowest BCUT2D eigenvalue weighted by Gasteiger charge is -2.21. The first kappa shape index (κ1) is 11.9. The number of anilines is 1. The molecule has 6 nitrogen and oxygen atoms in total. The Morgan fingerprint density at radius 2 is 2.24 bits per heavy atom. The number of halogens is 3. The molecule has 2 aromatic rings. The third-order valence-corrected chi connectivity index (χ3v) is 2.26. The van der Waals surface area contributed by atoms with Gasteiger partial charge in [-0.2, -0.15) is 0 Å². The van der Waals surface area contributed by atoms with Crippen LogP contribution in [0.2, 0.25) is 0 Å². The molecule has 0 unspecified atom stereocenters. The Hall–Kier alpha value is -1.57. The highest BCUT2D eigenvalue weighted by atomic mass is 35.5. The van der Waals surface area contributed by atoms with E-state index >= 15 is 0 Å². The molecule has 9 heteroatoms. The first-order chi connectivity index (χ1) is 8.20. The van der Waals surface area contributed by atoms with E-state index in [9.17, 15) is 8.78 Å². The van der Waals surface area contributed by atoms with E-state index in [0.29, 0.717) is 11.5 Å². The van der Waals surface area contributed by atoms with Crippen molar-refractivity contribution in [2.75, 3.05) is 23.9 Å². The van der Waals surface area contributed by atoms with Crippen molar-refractivity contribution in [2.24, 2.45) is 0 Å².